The highest BCUT2D eigenvalue weighted by Gasteiger charge is 2.46. The van der Waals surface area contributed by atoms with E-state index in [1.54, 1.807) is 17.5 Å². The van der Waals surface area contributed by atoms with E-state index in [1.807, 2.05) is 0 Å². The van der Waals surface area contributed by atoms with Crippen LogP contribution in [0.2, 0.25) is 0 Å². The van der Waals surface area contributed by atoms with Crippen molar-refractivity contribution in [3.8, 4) is 5.75 Å². The molecule has 1 aliphatic heterocycles. The molecule has 1 aromatic carbocycles. The number of hydrogen-bond donors (Lipinski definition) is 0. The Morgan fingerprint density at radius 2 is 2.04 bits per heavy atom. The summed E-state index contributed by atoms with van der Waals surface area (Å²) < 4.78 is 50.9. The first kappa shape index (κ1) is 17.8. The lowest BCUT2D eigenvalue weighted by molar-refractivity contribution is -0.144. The summed E-state index contributed by atoms with van der Waals surface area (Å²) in [6.45, 7) is -0.0612. The van der Waals surface area contributed by atoms with Gasteiger partial charge in [-0.3, -0.25) is 4.79 Å². The van der Waals surface area contributed by atoms with Gasteiger partial charge in [0, 0.05) is 6.42 Å². The van der Waals surface area contributed by atoms with Crippen LogP contribution >= 0.6 is 11.3 Å². The van der Waals surface area contributed by atoms with Crippen LogP contribution in [-0.4, -0.2) is 44.5 Å². The Morgan fingerprint density at radius 3 is 2.68 bits per heavy atom. The van der Waals surface area contributed by atoms with Crippen LogP contribution < -0.4 is 4.74 Å². The summed E-state index contributed by atoms with van der Waals surface area (Å²) in [6.07, 6.45) is -0.568. The van der Waals surface area contributed by atoms with E-state index in [0.29, 0.717) is 0 Å². The van der Waals surface area contributed by atoms with Crippen molar-refractivity contribution in [2.75, 3.05) is 13.7 Å². The van der Waals surface area contributed by atoms with Crippen LogP contribution in [0.1, 0.15) is 6.42 Å². The van der Waals surface area contributed by atoms with Gasteiger partial charge in [-0.25, -0.2) is 12.8 Å². The quantitative estimate of drug-likeness (QED) is 0.739. The third-order valence-corrected chi connectivity index (χ3v) is 7.13. The SMILES string of the molecule is COC(=O)C1CC(Oc2ccccc2F)CN1S(=O)(=O)c1cccs1. The number of carbonyl (C=O) groups is 1. The Morgan fingerprint density at radius 1 is 1.28 bits per heavy atom. The highest BCUT2D eigenvalue weighted by Crippen LogP contribution is 2.31. The Bertz CT molecular complexity index is 853. The van der Waals surface area contributed by atoms with Crippen LogP contribution in [0.25, 0.3) is 0 Å². The van der Waals surface area contributed by atoms with E-state index in [9.17, 15) is 17.6 Å². The van der Waals surface area contributed by atoms with Crippen molar-refractivity contribution in [1.82, 2.24) is 4.31 Å². The number of halogens is 1. The first-order valence-corrected chi connectivity index (χ1v) is 9.80. The molecule has 2 atom stereocenters. The number of para-hydroxylation sites is 1. The van der Waals surface area contributed by atoms with Crippen molar-refractivity contribution in [2.24, 2.45) is 0 Å². The standard InChI is InChI=1S/C16H16FNO5S2/c1-22-16(19)13-9-11(23-14-6-3-2-5-12(14)17)10-18(13)25(20,21)15-7-4-8-24-15/h2-8,11,13H,9-10H2,1H3. The molecular formula is C16H16FNO5S2. The van der Waals surface area contributed by atoms with Crippen LogP contribution in [0, 0.1) is 5.82 Å². The minimum Gasteiger partial charge on any atom is -0.486 e. The number of rotatable bonds is 5. The summed E-state index contributed by atoms with van der Waals surface area (Å²) >= 11 is 1.06. The van der Waals surface area contributed by atoms with Crippen molar-refractivity contribution in [3.05, 3.63) is 47.6 Å². The van der Waals surface area contributed by atoms with E-state index in [0.717, 1.165) is 15.6 Å². The molecule has 0 radical (unpaired) electrons. The summed E-state index contributed by atoms with van der Waals surface area (Å²) in [5, 5.41) is 1.64. The fourth-order valence-corrected chi connectivity index (χ4v) is 5.46. The Kier molecular flexibility index (Phi) is 5.07. The molecule has 25 heavy (non-hydrogen) atoms. The van der Waals surface area contributed by atoms with E-state index in [1.165, 1.54) is 31.4 Å². The Balaban J connectivity index is 1.87. The van der Waals surface area contributed by atoms with Crippen molar-refractivity contribution >= 4 is 27.3 Å². The number of benzene rings is 1. The van der Waals surface area contributed by atoms with Gasteiger partial charge in [-0.1, -0.05) is 18.2 Å². The van der Waals surface area contributed by atoms with Gasteiger partial charge in [0.05, 0.1) is 13.7 Å². The third-order valence-electron chi connectivity index (χ3n) is 3.88. The zero-order valence-electron chi connectivity index (χ0n) is 13.3. The predicted octanol–water partition coefficient (Wildman–Crippen LogP) is 2.27. The van der Waals surface area contributed by atoms with Crippen LogP contribution in [0.15, 0.2) is 46.0 Å². The molecule has 0 amide bonds. The molecule has 0 N–H and O–H groups in total. The number of esters is 1. The lowest BCUT2D eigenvalue weighted by atomic mass is 10.2. The monoisotopic (exact) mass is 385 g/mol. The van der Waals surface area contributed by atoms with Gasteiger partial charge >= 0.3 is 5.97 Å². The minimum absolute atomic E-state index is 0.0199. The predicted molar refractivity (Wildman–Crippen MR) is 89.4 cm³/mol. The summed E-state index contributed by atoms with van der Waals surface area (Å²) in [5.41, 5.74) is 0. The van der Waals surface area contributed by atoms with Crippen LogP contribution in [0.5, 0.6) is 5.75 Å². The molecule has 0 bridgehead atoms. The molecule has 2 unspecified atom stereocenters. The normalized spacial score (nSPS) is 21.2. The fraction of sp³-hybridized carbons (Fsp3) is 0.312. The van der Waals surface area contributed by atoms with E-state index in [4.69, 9.17) is 9.47 Å². The lowest BCUT2D eigenvalue weighted by Crippen LogP contribution is -2.40. The van der Waals surface area contributed by atoms with Crippen molar-refractivity contribution in [2.45, 2.75) is 22.8 Å². The van der Waals surface area contributed by atoms with Crippen molar-refractivity contribution in [1.29, 1.82) is 0 Å². The number of carbonyl (C=O) groups excluding carboxylic acids is 1. The molecule has 9 heteroatoms. The first-order valence-electron chi connectivity index (χ1n) is 7.48. The van der Waals surface area contributed by atoms with Gasteiger partial charge in [0.15, 0.2) is 11.6 Å². The maximum atomic E-state index is 13.8. The molecule has 1 aromatic heterocycles. The zero-order chi connectivity index (χ0) is 18.0. The van der Waals surface area contributed by atoms with E-state index in [-0.39, 0.29) is 22.9 Å². The van der Waals surface area contributed by atoms with E-state index in [2.05, 4.69) is 0 Å². The van der Waals surface area contributed by atoms with Gasteiger partial charge in [-0.05, 0) is 23.6 Å². The second-order valence-corrected chi connectivity index (χ2v) is 8.52. The maximum Gasteiger partial charge on any atom is 0.324 e. The van der Waals surface area contributed by atoms with Gasteiger partial charge in [0.1, 0.15) is 16.4 Å². The van der Waals surface area contributed by atoms with Crippen molar-refractivity contribution in [3.63, 3.8) is 0 Å². The molecule has 1 aliphatic rings. The number of thiophene rings is 1. The molecule has 0 aliphatic carbocycles. The molecular weight excluding hydrogens is 369 g/mol. The largest absolute Gasteiger partial charge is 0.486 e. The highest BCUT2D eigenvalue weighted by molar-refractivity contribution is 7.91. The summed E-state index contributed by atoms with van der Waals surface area (Å²) in [5.74, 6) is -1.19. The second-order valence-electron chi connectivity index (χ2n) is 5.45. The Labute approximate surface area is 148 Å². The topological polar surface area (TPSA) is 72.9 Å². The fourth-order valence-electron chi connectivity index (χ4n) is 2.72. The zero-order valence-corrected chi connectivity index (χ0v) is 14.9. The summed E-state index contributed by atoms with van der Waals surface area (Å²) in [4.78, 5) is 12.1. The first-order chi connectivity index (χ1) is 11.9. The van der Waals surface area contributed by atoms with Crippen LogP contribution in [0.4, 0.5) is 4.39 Å². The average Bonchev–Trinajstić information content (AvgIpc) is 3.26. The third kappa shape index (κ3) is 3.53. The number of ether oxygens (including phenoxy) is 2. The molecule has 0 saturated carbocycles. The molecule has 1 saturated heterocycles. The highest BCUT2D eigenvalue weighted by atomic mass is 32.2. The Hall–Kier alpha value is -1.97. The smallest absolute Gasteiger partial charge is 0.324 e. The second kappa shape index (κ2) is 7.11. The molecule has 134 valence electrons. The van der Waals surface area contributed by atoms with Gasteiger partial charge in [0.25, 0.3) is 10.0 Å². The van der Waals surface area contributed by atoms with E-state index >= 15 is 0 Å². The van der Waals surface area contributed by atoms with Gasteiger partial charge < -0.3 is 9.47 Å². The minimum atomic E-state index is -3.86. The molecule has 2 aromatic rings. The lowest BCUT2D eigenvalue weighted by Gasteiger charge is -2.20. The molecule has 3 rings (SSSR count). The summed E-state index contributed by atoms with van der Waals surface area (Å²) in [6, 6.07) is 7.94. The van der Waals surface area contributed by atoms with Gasteiger partial charge in [-0.2, -0.15) is 4.31 Å². The average molecular weight is 385 g/mol. The van der Waals surface area contributed by atoms with Crippen LogP contribution in [-0.2, 0) is 19.6 Å². The summed E-state index contributed by atoms with van der Waals surface area (Å²) in [7, 11) is -2.66. The van der Waals surface area contributed by atoms with Crippen molar-refractivity contribution < 1.29 is 27.1 Å². The van der Waals surface area contributed by atoms with Gasteiger partial charge in [0.2, 0.25) is 0 Å². The number of sulfonamides is 1. The number of nitrogens with zero attached hydrogens (tertiary/aromatic N) is 1. The molecule has 1 fully saturated rings. The number of hydrogen-bond acceptors (Lipinski definition) is 6. The molecule has 0 spiro atoms. The molecule has 2 heterocycles. The number of methoxy groups -OCH3 is 1. The maximum absolute atomic E-state index is 13.8. The molecule has 6 nitrogen and oxygen atoms in total. The van der Waals surface area contributed by atoms with E-state index < -0.39 is 34.0 Å². The van der Waals surface area contributed by atoms with Crippen LogP contribution in [0.3, 0.4) is 0 Å². The van der Waals surface area contributed by atoms with Gasteiger partial charge in [-0.15, -0.1) is 11.3 Å².